The molecule has 12 nitrogen and oxygen atoms in total. The molecule has 0 saturated carbocycles. The second-order valence-electron chi connectivity index (χ2n) is 3.03. The van der Waals surface area contributed by atoms with Crippen LogP contribution in [0, 0.1) is 0 Å². The van der Waals surface area contributed by atoms with Crippen molar-refractivity contribution in [2.24, 2.45) is 0 Å². The third kappa shape index (κ3) is 43.0. The minimum absolute atomic E-state index is 0.558. The summed E-state index contributed by atoms with van der Waals surface area (Å²) in [5, 5.41) is 46.9. The standard InChI is InChI=1S/3C4H4O4/c3*5-3(6)1-2-4(7)8/h3*1-2H,(H,5,6)(H,7,8). The summed E-state index contributed by atoms with van der Waals surface area (Å²) in [6, 6.07) is 0. The summed E-state index contributed by atoms with van der Waals surface area (Å²) in [6.45, 7) is 0. The molecule has 0 unspecified atom stereocenters. The van der Waals surface area contributed by atoms with Crippen LogP contribution >= 0.6 is 0 Å². The summed E-state index contributed by atoms with van der Waals surface area (Å²) < 4.78 is 0. The maximum absolute atomic E-state index is 9.55. The molecule has 0 heterocycles. The van der Waals surface area contributed by atoms with Gasteiger partial charge in [0.2, 0.25) is 0 Å². The van der Waals surface area contributed by atoms with Crippen LogP contribution < -0.4 is 0 Å². The van der Waals surface area contributed by atoms with Crippen LogP contribution in [0.1, 0.15) is 0 Å². The second kappa shape index (κ2) is 15.4. The van der Waals surface area contributed by atoms with Gasteiger partial charge in [-0.1, -0.05) is 0 Å². The van der Waals surface area contributed by atoms with Crippen molar-refractivity contribution in [3.8, 4) is 0 Å². The van der Waals surface area contributed by atoms with Crippen molar-refractivity contribution in [2.75, 3.05) is 0 Å². The Balaban J connectivity index is -0.000000276. The molecule has 0 aliphatic heterocycles. The first kappa shape index (κ1) is 25.0. The molecule has 0 aliphatic carbocycles. The van der Waals surface area contributed by atoms with E-state index in [0.29, 0.717) is 36.5 Å². The lowest BCUT2D eigenvalue weighted by Crippen LogP contribution is -1.91. The fourth-order valence-corrected chi connectivity index (χ4v) is 0.428. The monoisotopic (exact) mass is 348 g/mol. The van der Waals surface area contributed by atoms with Crippen LogP contribution in [-0.2, 0) is 28.8 Å². The highest BCUT2D eigenvalue weighted by Gasteiger charge is 1.89. The number of rotatable bonds is 6. The number of hydrogen-bond acceptors (Lipinski definition) is 6. The van der Waals surface area contributed by atoms with Crippen molar-refractivity contribution in [1.29, 1.82) is 0 Å². The van der Waals surface area contributed by atoms with Crippen molar-refractivity contribution in [2.45, 2.75) is 0 Å². The Bertz CT molecular complexity index is 438. The van der Waals surface area contributed by atoms with Crippen molar-refractivity contribution < 1.29 is 59.4 Å². The smallest absolute Gasteiger partial charge is 0.328 e. The van der Waals surface area contributed by atoms with Gasteiger partial charge in [0.15, 0.2) is 0 Å². The molecule has 24 heavy (non-hydrogen) atoms. The summed E-state index contributed by atoms with van der Waals surface area (Å²) >= 11 is 0. The molecule has 0 aliphatic rings. The molecule has 0 fully saturated rings. The zero-order valence-electron chi connectivity index (χ0n) is 11.6. The van der Waals surface area contributed by atoms with Crippen LogP contribution in [0.15, 0.2) is 36.5 Å². The van der Waals surface area contributed by atoms with Crippen LogP contribution in [0.2, 0.25) is 0 Å². The maximum Gasteiger partial charge on any atom is 0.328 e. The van der Waals surface area contributed by atoms with E-state index in [9.17, 15) is 28.8 Å². The third-order valence-electron chi connectivity index (χ3n) is 1.11. The van der Waals surface area contributed by atoms with Crippen LogP contribution in [0.4, 0.5) is 0 Å². The average Bonchev–Trinajstić information content (AvgIpc) is 2.42. The second-order valence-corrected chi connectivity index (χ2v) is 3.03. The van der Waals surface area contributed by atoms with E-state index in [1.165, 1.54) is 0 Å². The van der Waals surface area contributed by atoms with Gasteiger partial charge in [-0.25, -0.2) is 28.8 Å². The van der Waals surface area contributed by atoms with Gasteiger partial charge in [0, 0.05) is 36.5 Å². The Morgan fingerprint density at radius 1 is 0.333 bits per heavy atom. The average molecular weight is 348 g/mol. The molecular formula is C12H12O12. The van der Waals surface area contributed by atoms with E-state index >= 15 is 0 Å². The number of hydrogen-bond donors (Lipinski definition) is 6. The fraction of sp³-hybridized carbons (Fsp3) is 0. The van der Waals surface area contributed by atoms with Gasteiger partial charge >= 0.3 is 35.8 Å². The summed E-state index contributed by atoms with van der Waals surface area (Å²) in [5.74, 6) is -7.54. The van der Waals surface area contributed by atoms with Crippen molar-refractivity contribution in [1.82, 2.24) is 0 Å². The van der Waals surface area contributed by atoms with E-state index in [2.05, 4.69) is 0 Å². The van der Waals surface area contributed by atoms with Gasteiger partial charge in [0.05, 0.1) is 0 Å². The van der Waals surface area contributed by atoms with Gasteiger partial charge in [-0.3, -0.25) is 0 Å². The van der Waals surface area contributed by atoms with E-state index < -0.39 is 35.8 Å². The van der Waals surface area contributed by atoms with Crippen LogP contribution in [-0.4, -0.2) is 66.5 Å². The number of carboxylic acids is 6. The largest absolute Gasteiger partial charge is 0.478 e. The molecule has 0 aromatic heterocycles. The number of aliphatic carboxylic acids is 6. The summed E-state index contributed by atoms with van der Waals surface area (Å²) in [4.78, 5) is 57.3. The van der Waals surface area contributed by atoms with Gasteiger partial charge in [-0.05, 0) is 0 Å². The fourth-order valence-electron chi connectivity index (χ4n) is 0.428. The minimum atomic E-state index is -1.26. The Labute approximate surface area is 132 Å². The molecule has 6 N–H and O–H groups in total. The molecule has 0 radical (unpaired) electrons. The van der Waals surface area contributed by atoms with Gasteiger partial charge in [0.25, 0.3) is 0 Å². The molecule has 0 atom stereocenters. The Hall–Kier alpha value is -3.96. The molecule has 0 rings (SSSR count). The zero-order chi connectivity index (χ0) is 19.7. The number of carboxylic acid groups (broad SMARTS) is 6. The van der Waals surface area contributed by atoms with E-state index in [-0.39, 0.29) is 0 Å². The van der Waals surface area contributed by atoms with Gasteiger partial charge in [-0.2, -0.15) is 0 Å². The number of carbonyl (C=O) groups is 6. The van der Waals surface area contributed by atoms with Gasteiger partial charge < -0.3 is 30.6 Å². The highest BCUT2D eigenvalue weighted by Crippen LogP contribution is 1.71. The van der Waals surface area contributed by atoms with Crippen molar-refractivity contribution >= 4 is 35.8 Å². The molecular weight excluding hydrogens is 336 g/mol. The van der Waals surface area contributed by atoms with Crippen LogP contribution in [0.5, 0.6) is 0 Å². The van der Waals surface area contributed by atoms with E-state index in [4.69, 9.17) is 30.6 Å². The lowest BCUT2D eigenvalue weighted by atomic mass is 10.5. The highest BCUT2D eigenvalue weighted by atomic mass is 16.4. The topological polar surface area (TPSA) is 224 Å². The Morgan fingerprint density at radius 3 is 0.458 bits per heavy atom. The quantitative estimate of drug-likeness (QED) is 0.322. The van der Waals surface area contributed by atoms with Gasteiger partial charge in [0.1, 0.15) is 0 Å². The molecule has 132 valence electrons. The SMILES string of the molecule is O=C(O)C=CC(=O)O.O=C(O)C=CC(=O)O.O=C(O)C=CC(=O)O. The molecule has 0 aromatic rings. The zero-order valence-corrected chi connectivity index (χ0v) is 11.6. The first-order chi connectivity index (χ1) is 10.9. The van der Waals surface area contributed by atoms with E-state index in [0.717, 1.165) is 0 Å². The Morgan fingerprint density at radius 2 is 0.417 bits per heavy atom. The lowest BCUT2D eigenvalue weighted by Gasteiger charge is -1.74. The predicted octanol–water partition coefficient (Wildman–Crippen LogP) is -0.865. The van der Waals surface area contributed by atoms with Crippen LogP contribution in [0.3, 0.4) is 0 Å². The summed E-state index contributed by atoms with van der Waals surface area (Å²) in [5.41, 5.74) is 0. The third-order valence-corrected chi connectivity index (χ3v) is 1.11. The van der Waals surface area contributed by atoms with E-state index in [1.54, 1.807) is 0 Å². The highest BCUT2D eigenvalue weighted by molar-refractivity contribution is 5.90. The summed E-state index contributed by atoms with van der Waals surface area (Å²) in [7, 11) is 0. The molecule has 0 aromatic carbocycles. The first-order valence-electron chi connectivity index (χ1n) is 5.30. The predicted molar refractivity (Wildman–Crippen MR) is 73.2 cm³/mol. The van der Waals surface area contributed by atoms with Crippen LogP contribution in [0.25, 0.3) is 0 Å². The van der Waals surface area contributed by atoms with Crippen molar-refractivity contribution in [3.63, 3.8) is 0 Å². The molecule has 0 spiro atoms. The summed E-state index contributed by atoms with van der Waals surface area (Å²) in [6.07, 6.45) is 3.35. The van der Waals surface area contributed by atoms with E-state index in [1.807, 2.05) is 0 Å². The van der Waals surface area contributed by atoms with Gasteiger partial charge in [-0.15, -0.1) is 0 Å². The molecule has 0 amide bonds. The Kier molecular flexibility index (Phi) is 16.1. The molecule has 0 saturated heterocycles. The molecule has 0 bridgehead atoms. The molecule has 12 heteroatoms. The van der Waals surface area contributed by atoms with Crippen molar-refractivity contribution in [3.05, 3.63) is 36.5 Å². The lowest BCUT2D eigenvalue weighted by molar-refractivity contribution is -0.134. The first-order valence-corrected chi connectivity index (χ1v) is 5.30. The minimum Gasteiger partial charge on any atom is -0.478 e. The normalized spacial score (nSPS) is 9.50. The maximum atomic E-state index is 9.55.